The number of nitrogens with two attached hydrogens (primary N) is 2. The molecule has 1 aromatic rings. The largest absolute Gasteiger partial charge is 0.491 e. The number of hydrogen-bond acceptors (Lipinski definition) is 5. The Labute approximate surface area is 150 Å². The first-order valence-electron chi connectivity index (χ1n) is 8.79. The summed E-state index contributed by atoms with van der Waals surface area (Å²) in [6.45, 7) is 6.75. The third-order valence-electron chi connectivity index (χ3n) is 4.43. The molecular weight excluding hydrogens is 312 g/mol. The van der Waals surface area contributed by atoms with Crippen LogP contribution in [0.15, 0.2) is 40.7 Å². The van der Waals surface area contributed by atoms with Crippen LogP contribution in [0.1, 0.15) is 43.7 Å². The first-order valence-corrected chi connectivity index (χ1v) is 8.79. The van der Waals surface area contributed by atoms with Crippen LogP contribution in [0.3, 0.4) is 0 Å². The lowest BCUT2D eigenvalue weighted by atomic mass is 10.0. The monoisotopic (exact) mass is 340 g/mol. The number of ether oxygens (including phenoxy) is 1. The number of nitrogens with zero attached hydrogens (tertiary/aromatic N) is 1. The van der Waals surface area contributed by atoms with Gasteiger partial charge in [0.25, 0.3) is 0 Å². The maximum atomic E-state index is 8.05. The minimum atomic E-state index is 0.289. The summed E-state index contributed by atoms with van der Waals surface area (Å²) in [5.41, 5.74) is 17.0. The van der Waals surface area contributed by atoms with Crippen LogP contribution in [-0.4, -0.2) is 18.0 Å². The third kappa shape index (κ3) is 4.72. The van der Waals surface area contributed by atoms with Crippen molar-refractivity contribution in [3.05, 3.63) is 46.9 Å². The highest BCUT2D eigenvalue weighted by Gasteiger charge is 2.16. The van der Waals surface area contributed by atoms with E-state index in [0.717, 1.165) is 35.3 Å². The molecule has 134 valence electrons. The Kier molecular flexibility index (Phi) is 6.39. The van der Waals surface area contributed by atoms with E-state index < -0.39 is 0 Å². The molecule has 25 heavy (non-hydrogen) atoms. The number of nitrogens with one attached hydrogen (secondary N) is 1. The Bertz CT molecular complexity index is 744. The van der Waals surface area contributed by atoms with E-state index in [1.165, 1.54) is 12.8 Å². The van der Waals surface area contributed by atoms with Gasteiger partial charge in [-0.25, -0.2) is 4.99 Å². The van der Waals surface area contributed by atoms with Crippen LogP contribution in [0.2, 0.25) is 0 Å². The molecule has 0 heterocycles. The van der Waals surface area contributed by atoms with Crippen molar-refractivity contribution in [1.82, 2.24) is 0 Å². The molecule has 0 amide bonds. The van der Waals surface area contributed by atoms with Gasteiger partial charge in [-0.3, -0.25) is 5.41 Å². The molecule has 0 saturated carbocycles. The minimum absolute atomic E-state index is 0.289. The van der Waals surface area contributed by atoms with Gasteiger partial charge in [0.2, 0.25) is 0 Å². The van der Waals surface area contributed by atoms with Gasteiger partial charge in [-0.05, 0) is 49.6 Å². The second-order valence-corrected chi connectivity index (χ2v) is 6.35. The van der Waals surface area contributed by atoms with Gasteiger partial charge in [0.1, 0.15) is 5.76 Å². The van der Waals surface area contributed by atoms with Gasteiger partial charge in [0.05, 0.1) is 29.4 Å². The van der Waals surface area contributed by atoms with Gasteiger partial charge in [-0.2, -0.15) is 0 Å². The van der Waals surface area contributed by atoms with E-state index in [1.54, 1.807) is 12.2 Å². The molecule has 5 N–H and O–H groups in total. The third-order valence-corrected chi connectivity index (χ3v) is 4.43. The zero-order valence-corrected chi connectivity index (χ0v) is 15.4. The lowest BCUT2D eigenvalue weighted by molar-refractivity contribution is 0.223. The molecule has 5 nitrogen and oxygen atoms in total. The van der Waals surface area contributed by atoms with Gasteiger partial charge in [0, 0.05) is 11.8 Å². The summed E-state index contributed by atoms with van der Waals surface area (Å²) in [5.74, 6) is 0.522. The number of rotatable bonds is 7. The van der Waals surface area contributed by atoms with Crippen LogP contribution in [0.25, 0.3) is 0 Å². The van der Waals surface area contributed by atoms with Crippen LogP contribution in [0.5, 0.6) is 0 Å². The normalized spacial score (nSPS) is 16.0. The Morgan fingerprint density at radius 1 is 1.04 bits per heavy atom. The van der Waals surface area contributed by atoms with E-state index in [0.29, 0.717) is 23.8 Å². The molecule has 1 aromatic carbocycles. The molecule has 0 atom stereocenters. The van der Waals surface area contributed by atoms with Crippen LogP contribution in [0.4, 0.5) is 11.4 Å². The summed E-state index contributed by atoms with van der Waals surface area (Å²) >= 11 is 0. The van der Waals surface area contributed by atoms with E-state index in [4.69, 9.17) is 21.6 Å². The molecule has 2 rings (SSSR count). The molecule has 0 saturated heterocycles. The molecule has 0 spiro atoms. The Morgan fingerprint density at radius 3 is 2.52 bits per heavy atom. The fourth-order valence-corrected chi connectivity index (χ4v) is 2.59. The van der Waals surface area contributed by atoms with Gasteiger partial charge in [-0.1, -0.05) is 26.2 Å². The van der Waals surface area contributed by atoms with Crippen LogP contribution in [0, 0.1) is 19.3 Å². The molecule has 5 heteroatoms. The fourth-order valence-electron chi connectivity index (χ4n) is 2.59. The number of aliphatic imine (C=N–C) groups is 1. The van der Waals surface area contributed by atoms with Gasteiger partial charge < -0.3 is 16.2 Å². The Hall–Kier alpha value is -2.56. The lowest BCUT2D eigenvalue weighted by Crippen LogP contribution is -2.20. The number of nitrogen functional groups attached to an aromatic ring is 1. The quantitative estimate of drug-likeness (QED) is 0.392. The van der Waals surface area contributed by atoms with Crippen molar-refractivity contribution in [1.29, 1.82) is 5.41 Å². The van der Waals surface area contributed by atoms with Crippen LogP contribution >= 0.6 is 0 Å². The molecule has 0 aliphatic heterocycles. The lowest BCUT2D eigenvalue weighted by Gasteiger charge is -2.16. The predicted octanol–water partition coefficient (Wildman–Crippen LogP) is 4.31. The zero-order valence-electron chi connectivity index (χ0n) is 15.4. The molecule has 0 unspecified atom stereocenters. The van der Waals surface area contributed by atoms with E-state index in [1.807, 2.05) is 26.0 Å². The molecule has 0 fully saturated rings. The number of benzene rings is 1. The van der Waals surface area contributed by atoms with E-state index in [-0.39, 0.29) is 5.71 Å². The first-order chi connectivity index (χ1) is 11.9. The SMILES string of the molecule is CCCCCCOC1=CC(=Nc2ccc(N)c(C)c2C)C(N)=CC1=N. The number of allylic oxidation sites excluding steroid dienone is 2. The van der Waals surface area contributed by atoms with Gasteiger partial charge >= 0.3 is 0 Å². The van der Waals surface area contributed by atoms with E-state index in [2.05, 4.69) is 11.9 Å². The maximum Gasteiger partial charge on any atom is 0.146 e. The first kappa shape index (κ1) is 18.8. The standard InChI is InChI=1S/C20H28N4O/c1-4-5-6-7-10-25-20-12-19(16(22)11-17(20)23)24-18-9-8-15(21)13(2)14(18)3/h8-9,11-12,23H,4-7,10,21-22H2,1-3H3. The van der Waals surface area contributed by atoms with Crippen molar-refractivity contribution in [3.8, 4) is 0 Å². The van der Waals surface area contributed by atoms with Crippen molar-refractivity contribution in [2.75, 3.05) is 12.3 Å². The summed E-state index contributed by atoms with van der Waals surface area (Å²) in [5, 5.41) is 8.05. The molecule has 1 aliphatic carbocycles. The summed E-state index contributed by atoms with van der Waals surface area (Å²) < 4.78 is 5.77. The zero-order chi connectivity index (χ0) is 18.4. The highest BCUT2D eigenvalue weighted by atomic mass is 16.5. The second kappa shape index (κ2) is 8.51. The van der Waals surface area contributed by atoms with E-state index >= 15 is 0 Å². The summed E-state index contributed by atoms with van der Waals surface area (Å²) in [7, 11) is 0. The minimum Gasteiger partial charge on any atom is -0.491 e. The summed E-state index contributed by atoms with van der Waals surface area (Å²) in [4.78, 5) is 4.66. The molecule has 0 aromatic heterocycles. The number of anilines is 1. The number of unbranched alkanes of at least 4 members (excludes halogenated alkanes) is 3. The average Bonchev–Trinajstić information content (AvgIpc) is 2.58. The smallest absolute Gasteiger partial charge is 0.146 e. The van der Waals surface area contributed by atoms with Crippen molar-refractivity contribution in [2.45, 2.75) is 46.5 Å². The van der Waals surface area contributed by atoms with Crippen molar-refractivity contribution >= 4 is 22.8 Å². The second-order valence-electron chi connectivity index (χ2n) is 6.35. The number of hydrogen-bond donors (Lipinski definition) is 3. The van der Waals surface area contributed by atoms with Crippen molar-refractivity contribution in [2.24, 2.45) is 10.7 Å². The summed E-state index contributed by atoms with van der Waals surface area (Å²) in [6, 6.07) is 3.73. The van der Waals surface area contributed by atoms with Crippen molar-refractivity contribution in [3.63, 3.8) is 0 Å². The highest BCUT2D eigenvalue weighted by Crippen LogP contribution is 2.27. The highest BCUT2D eigenvalue weighted by molar-refractivity contribution is 6.22. The van der Waals surface area contributed by atoms with Crippen LogP contribution < -0.4 is 11.5 Å². The average molecular weight is 340 g/mol. The molecule has 0 radical (unpaired) electrons. The predicted molar refractivity (Wildman–Crippen MR) is 106 cm³/mol. The Balaban J connectivity index is 2.19. The van der Waals surface area contributed by atoms with E-state index in [9.17, 15) is 0 Å². The molecular formula is C20H28N4O. The maximum absolute atomic E-state index is 8.05. The van der Waals surface area contributed by atoms with Gasteiger partial charge in [0.15, 0.2) is 0 Å². The fraction of sp³-hybridized carbons (Fsp3) is 0.400. The Morgan fingerprint density at radius 2 is 1.80 bits per heavy atom. The van der Waals surface area contributed by atoms with Crippen LogP contribution in [-0.2, 0) is 4.74 Å². The molecule has 1 aliphatic rings. The van der Waals surface area contributed by atoms with Crippen molar-refractivity contribution < 1.29 is 4.74 Å². The molecule has 0 bridgehead atoms. The topological polar surface area (TPSA) is 97.5 Å². The summed E-state index contributed by atoms with van der Waals surface area (Å²) in [6.07, 6.45) is 7.87. The van der Waals surface area contributed by atoms with Gasteiger partial charge in [-0.15, -0.1) is 0 Å².